The van der Waals surface area contributed by atoms with E-state index in [4.69, 9.17) is 23.2 Å². The molecule has 16 heavy (non-hydrogen) atoms. The molecule has 0 atom stereocenters. The summed E-state index contributed by atoms with van der Waals surface area (Å²) in [6, 6.07) is 2.77. The molecule has 0 aliphatic heterocycles. The third-order valence-corrected chi connectivity index (χ3v) is 3.00. The first-order valence-electron chi connectivity index (χ1n) is 4.69. The maximum Gasteiger partial charge on any atom is 0.142 e. The highest BCUT2D eigenvalue weighted by Gasteiger charge is 2.08. The summed E-state index contributed by atoms with van der Waals surface area (Å²) in [5.41, 5.74) is 0.685. The molecule has 0 unspecified atom stereocenters. The summed E-state index contributed by atoms with van der Waals surface area (Å²) in [4.78, 5) is 4.08. The molecule has 2 nitrogen and oxygen atoms in total. The van der Waals surface area contributed by atoms with Crippen LogP contribution in [0.2, 0.25) is 10.0 Å². The zero-order valence-electron chi connectivity index (χ0n) is 8.54. The lowest BCUT2D eigenvalue weighted by Crippen LogP contribution is -2.02. The van der Waals surface area contributed by atoms with Gasteiger partial charge in [0.25, 0.3) is 0 Å². The molecular weight excluding hydrogens is 250 g/mol. The van der Waals surface area contributed by atoms with Gasteiger partial charge in [-0.05, 0) is 24.6 Å². The number of imidazole rings is 1. The van der Waals surface area contributed by atoms with Crippen molar-refractivity contribution in [3.8, 4) is 0 Å². The Morgan fingerprint density at radius 1 is 1.31 bits per heavy atom. The van der Waals surface area contributed by atoms with E-state index >= 15 is 0 Å². The SMILES string of the molecule is Cc1nccn1Cc1cc(F)c(Cl)cc1Cl. The number of hydrogen-bond donors (Lipinski definition) is 0. The number of aromatic nitrogens is 2. The van der Waals surface area contributed by atoms with Crippen molar-refractivity contribution in [2.24, 2.45) is 0 Å². The van der Waals surface area contributed by atoms with Crippen LogP contribution in [0.3, 0.4) is 0 Å². The first-order chi connectivity index (χ1) is 7.58. The van der Waals surface area contributed by atoms with Crippen LogP contribution in [0.1, 0.15) is 11.4 Å². The van der Waals surface area contributed by atoms with Crippen LogP contribution in [-0.2, 0) is 6.54 Å². The van der Waals surface area contributed by atoms with Gasteiger partial charge in [0, 0.05) is 17.4 Å². The molecule has 1 aromatic carbocycles. The molecule has 0 saturated carbocycles. The van der Waals surface area contributed by atoms with Gasteiger partial charge in [0.1, 0.15) is 11.6 Å². The highest BCUT2D eigenvalue weighted by atomic mass is 35.5. The quantitative estimate of drug-likeness (QED) is 0.752. The first-order valence-corrected chi connectivity index (χ1v) is 5.44. The van der Waals surface area contributed by atoms with Crippen LogP contribution in [0.25, 0.3) is 0 Å². The van der Waals surface area contributed by atoms with Crippen molar-refractivity contribution in [2.45, 2.75) is 13.5 Å². The Morgan fingerprint density at radius 2 is 2.06 bits per heavy atom. The molecule has 0 saturated heterocycles. The molecule has 0 N–H and O–H groups in total. The Hall–Kier alpha value is -1.06. The van der Waals surface area contributed by atoms with E-state index in [1.54, 1.807) is 6.20 Å². The van der Waals surface area contributed by atoms with E-state index in [0.717, 1.165) is 5.82 Å². The van der Waals surface area contributed by atoms with E-state index in [1.807, 2.05) is 17.7 Å². The minimum atomic E-state index is -0.459. The van der Waals surface area contributed by atoms with Crippen molar-refractivity contribution < 1.29 is 4.39 Å². The van der Waals surface area contributed by atoms with Crippen LogP contribution in [-0.4, -0.2) is 9.55 Å². The largest absolute Gasteiger partial charge is 0.331 e. The van der Waals surface area contributed by atoms with Crippen molar-refractivity contribution in [3.05, 3.63) is 51.8 Å². The second kappa shape index (κ2) is 4.44. The number of aryl methyl sites for hydroxylation is 1. The third-order valence-electron chi connectivity index (χ3n) is 2.35. The maximum absolute atomic E-state index is 13.3. The molecular formula is C11H9Cl2FN2. The molecule has 0 bridgehead atoms. The van der Waals surface area contributed by atoms with Crippen LogP contribution in [0, 0.1) is 12.7 Å². The highest BCUT2D eigenvalue weighted by Crippen LogP contribution is 2.25. The van der Waals surface area contributed by atoms with Crippen molar-refractivity contribution >= 4 is 23.2 Å². The normalized spacial score (nSPS) is 10.8. The lowest BCUT2D eigenvalue weighted by molar-refractivity contribution is 0.623. The molecule has 0 aliphatic rings. The minimum absolute atomic E-state index is 0.0381. The van der Waals surface area contributed by atoms with Gasteiger partial charge in [0.2, 0.25) is 0 Å². The lowest BCUT2D eigenvalue weighted by atomic mass is 10.2. The zero-order chi connectivity index (χ0) is 11.7. The van der Waals surface area contributed by atoms with Gasteiger partial charge in [-0.2, -0.15) is 0 Å². The molecule has 1 heterocycles. The molecule has 1 aromatic heterocycles. The van der Waals surface area contributed by atoms with Gasteiger partial charge in [-0.3, -0.25) is 0 Å². The van der Waals surface area contributed by atoms with Gasteiger partial charge in [-0.15, -0.1) is 0 Å². The summed E-state index contributed by atoms with van der Waals surface area (Å²) in [6.07, 6.45) is 3.51. The third kappa shape index (κ3) is 2.20. The highest BCUT2D eigenvalue weighted by molar-refractivity contribution is 6.35. The summed E-state index contributed by atoms with van der Waals surface area (Å²) < 4.78 is 15.2. The van der Waals surface area contributed by atoms with Gasteiger partial charge in [-0.1, -0.05) is 23.2 Å². The Kier molecular flexibility index (Phi) is 3.17. The molecule has 0 aliphatic carbocycles. The number of rotatable bonds is 2. The molecule has 5 heteroatoms. The van der Waals surface area contributed by atoms with Gasteiger partial charge in [0.15, 0.2) is 0 Å². The number of benzene rings is 1. The van der Waals surface area contributed by atoms with Crippen molar-refractivity contribution in [3.63, 3.8) is 0 Å². The Bertz CT molecular complexity index is 523. The average molecular weight is 259 g/mol. The number of hydrogen-bond acceptors (Lipinski definition) is 1. The first kappa shape index (κ1) is 11.4. The van der Waals surface area contributed by atoms with E-state index in [-0.39, 0.29) is 5.02 Å². The van der Waals surface area contributed by atoms with E-state index in [9.17, 15) is 4.39 Å². The summed E-state index contributed by atoms with van der Waals surface area (Å²) >= 11 is 11.6. The Labute approximate surface area is 103 Å². The van der Waals surface area contributed by atoms with Crippen LogP contribution in [0.5, 0.6) is 0 Å². The number of nitrogens with zero attached hydrogens (tertiary/aromatic N) is 2. The fourth-order valence-corrected chi connectivity index (χ4v) is 1.88. The van der Waals surface area contributed by atoms with Gasteiger partial charge >= 0.3 is 0 Å². The van der Waals surface area contributed by atoms with E-state index in [2.05, 4.69) is 4.98 Å². The fraction of sp³-hybridized carbons (Fsp3) is 0.182. The van der Waals surface area contributed by atoms with Crippen LogP contribution in [0.15, 0.2) is 24.5 Å². The standard InChI is InChI=1S/C11H9Cl2FN2/c1-7-15-2-3-16(7)6-8-4-11(14)10(13)5-9(8)12/h2-5H,6H2,1H3. The molecule has 0 radical (unpaired) electrons. The molecule has 2 rings (SSSR count). The van der Waals surface area contributed by atoms with Crippen molar-refractivity contribution in [1.82, 2.24) is 9.55 Å². The monoisotopic (exact) mass is 258 g/mol. The van der Waals surface area contributed by atoms with Gasteiger partial charge < -0.3 is 4.57 Å². The van der Waals surface area contributed by atoms with Gasteiger partial charge in [0.05, 0.1) is 11.6 Å². The molecule has 0 fully saturated rings. The molecule has 0 spiro atoms. The van der Waals surface area contributed by atoms with Crippen LogP contribution in [0.4, 0.5) is 4.39 Å². The molecule has 0 amide bonds. The van der Waals surface area contributed by atoms with Crippen LogP contribution >= 0.6 is 23.2 Å². The van der Waals surface area contributed by atoms with Gasteiger partial charge in [-0.25, -0.2) is 9.37 Å². The molecule has 84 valence electrons. The summed E-state index contributed by atoms with van der Waals surface area (Å²) in [5, 5.41) is 0.496. The predicted molar refractivity (Wildman–Crippen MR) is 62.5 cm³/mol. The predicted octanol–water partition coefficient (Wildman–Crippen LogP) is 3.69. The Balaban J connectivity index is 2.35. The average Bonchev–Trinajstić information content (AvgIpc) is 2.61. The minimum Gasteiger partial charge on any atom is -0.331 e. The topological polar surface area (TPSA) is 17.8 Å². The van der Waals surface area contributed by atoms with E-state index in [0.29, 0.717) is 17.1 Å². The summed E-state index contributed by atoms with van der Waals surface area (Å²) in [7, 11) is 0. The van der Waals surface area contributed by atoms with Crippen molar-refractivity contribution in [2.75, 3.05) is 0 Å². The summed E-state index contributed by atoms with van der Waals surface area (Å²) in [6.45, 7) is 2.36. The lowest BCUT2D eigenvalue weighted by Gasteiger charge is -2.08. The second-order valence-corrected chi connectivity index (χ2v) is 4.27. The van der Waals surface area contributed by atoms with E-state index < -0.39 is 5.82 Å². The number of halogens is 3. The molecule has 2 aromatic rings. The maximum atomic E-state index is 13.3. The second-order valence-electron chi connectivity index (χ2n) is 3.46. The van der Waals surface area contributed by atoms with Crippen LogP contribution < -0.4 is 0 Å². The summed E-state index contributed by atoms with van der Waals surface area (Å²) in [5.74, 6) is 0.394. The van der Waals surface area contributed by atoms with Crippen molar-refractivity contribution in [1.29, 1.82) is 0 Å². The fourth-order valence-electron chi connectivity index (χ4n) is 1.44. The van der Waals surface area contributed by atoms with E-state index in [1.165, 1.54) is 12.1 Å². The zero-order valence-corrected chi connectivity index (χ0v) is 10.1. The smallest absolute Gasteiger partial charge is 0.142 e. The Morgan fingerprint density at radius 3 is 2.69 bits per heavy atom.